The molecule has 1 fully saturated rings. The number of benzene rings is 1. The summed E-state index contributed by atoms with van der Waals surface area (Å²) in [6.07, 6.45) is 1.72. The first-order valence-corrected chi connectivity index (χ1v) is 9.35. The SMILES string of the molecule is CC1CN(CCNC(=O)CCCOc2ccccc2Br)CC(C)O1. The van der Waals surface area contributed by atoms with Crippen LogP contribution < -0.4 is 10.1 Å². The molecule has 1 heterocycles. The molecular formula is C18H27BrN2O3. The monoisotopic (exact) mass is 398 g/mol. The lowest BCUT2D eigenvalue weighted by molar-refractivity contribution is -0.121. The Morgan fingerprint density at radius 3 is 2.75 bits per heavy atom. The van der Waals surface area contributed by atoms with Crippen molar-refractivity contribution >= 4 is 21.8 Å². The predicted molar refractivity (Wildman–Crippen MR) is 98.3 cm³/mol. The third-order valence-electron chi connectivity index (χ3n) is 3.89. The first-order chi connectivity index (χ1) is 11.5. The molecule has 1 saturated heterocycles. The largest absolute Gasteiger partial charge is 0.492 e. The van der Waals surface area contributed by atoms with Gasteiger partial charge in [-0.05, 0) is 48.3 Å². The average molecular weight is 399 g/mol. The van der Waals surface area contributed by atoms with E-state index >= 15 is 0 Å². The smallest absolute Gasteiger partial charge is 0.220 e. The number of morpholine rings is 1. The summed E-state index contributed by atoms with van der Waals surface area (Å²) < 4.78 is 12.3. The summed E-state index contributed by atoms with van der Waals surface area (Å²) >= 11 is 3.44. The Labute approximate surface area is 152 Å². The Kier molecular flexibility index (Phi) is 8.02. The second kappa shape index (κ2) is 10.0. The van der Waals surface area contributed by atoms with Crippen molar-refractivity contribution in [3.63, 3.8) is 0 Å². The number of ether oxygens (including phenoxy) is 2. The summed E-state index contributed by atoms with van der Waals surface area (Å²) in [6.45, 7) is 8.13. The molecule has 2 atom stereocenters. The highest BCUT2D eigenvalue weighted by Gasteiger charge is 2.21. The zero-order chi connectivity index (χ0) is 17.4. The van der Waals surface area contributed by atoms with Crippen molar-refractivity contribution in [1.82, 2.24) is 10.2 Å². The van der Waals surface area contributed by atoms with Crippen LogP contribution in [0.15, 0.2) is 28.7 Å². The average Bonchev–Trinajstić information content (AvgIpc) is 2.52. The van der Waals surface area contributed by atoms with Crippen molar-refractivity contribution in [2.24, 2.45) is 0 Å². The summed E-state index contributed by atoms with van der Waals surface area (Å²) in [7, 11) is 0. The van der Waals surface area contributed by atoms with Crippen LogP contribution in [0.2, 0.25) is 0 Å². The van der Waals surface area contributed by atoms with Crippen LogP contribution in [0.5, 0.6) is 5.75 Å². The Morgan fingerprint density at radius 2 is 2.04 bits per heavy atom. The maximum absolute atomic E-state index is 11.9. The molecule has 1 aliphatic heterocycles. The van der Waals surface area contributed by atoms with Gasteiger partial charge in [-0.1, -0.05) is 12.1 Å². The van der Waals surface area contributed by atoms with Gasteiger partial charge in [-0.3, -0.25) is 9.69 Å². The summed E-state index contributed by atoms with van der Waals surface area (Å²) in [5.74, 6) is 0.897. The molecule has 0 bridgehead atoms. The van der Waals surface area contributed by atoms with Gasteiger partial charge in [0.25, 0.3) is 0 Å². The molecular weight excluding hydrogens is 372 g/mol. The van der Waals surface area contributed by atoms with Gasteiger partial charge in [-0.2, -0.15) is 0 Å². The van der Waals surface area contributed by atoms with Gasteiger partial charge in [0.05, 0.1) is 23.3 Å². The van der Waals surface area contributed by atoms with Gasteiger partial charge in [0, 0.05) is 32.6 Å². The van der Waals surface area contributed by atoms with E-state index in [1.165, 1.54) is 0 Å². The van der Waals surface area contributed by atoms with E-state index in [9.17, 15) is 4.79 Å². The topological polar surface area (TPSA) is 50.8 Å². The van der Waals surface area contributed by atoms with E-state index in [1.807, 2.05) is 24.3 Å². The molecule has 2 unspecified atom stereocenters. The minimum absolute atomic E-state index is 0.0834. The number of hydrogen-bond acceptors (Lipinski definition) is 4. The van der Waals surface area contributed by atoms with Gasteiger partial charge in [0.15, 0.2) is 0 Å². The number of carbonyl (C=O) groups excluding carboxylic acids is 1. The molecule has 1 aromatic carbocycles. The van der Waals surface area contributed by atoms with Crippen LogP contribution in [-0.2, 0) is 9.53 Å². The van der Waals surface area contributed by atoms with E-state index < -0.39 is 0 Å². The minimum atomic E-state index is 0.0834. The molecule has 0 aliphatic carbocycles. The molecule has 5 nitrogen and oxygen atoms in total. The molecule has 0 saturated carbocycles. The fraction of sp³-hybridized carbons (Fsp3) is 0.611. The second-order valence-corrected chi connectivity index (χ2v) is 7.10. The number of hydrogen-bond donors (Lipinski definition) is 1. The van der Waals surface area contributed by atoms with Gasteiger partial charge >= 0.3 is 0 Å². The highest BCUT2D eigenvalue weighted by Crippen LogP contribution is 2.23. The zero-order valence-corrected chi connectivity index (χ0v) is 16.0. The second-order valence-electron chi connectivity index (χ2n) is 6.25. The Bertz CT molecular complexity index is 517. The van der Waals surface area contributed by atoms with Crippen LogP contribution in [0.3, 0.4) is 0 Å². The van der Waals surface area contributed by atoms with Crippen molar-refractivity contribution in [1.29, 1.82) is 0 Å². The normalized spacial score (nSPS) is 21.5. The first kappa shape index (κ1) is 19.2. The molecule has 1 aromatic rings. The van der Waals surface area contributed by atoms with Gasteiger partial charge in [0.1, 0.15) is 5.75 Å². The Balaban J connectivity index is 1.54. The third-order valence-corrected chi connectivity index (χ3v) is 4.54. The minimum Gasteiger partial charge on any atom is -0.492 e. The van der Waals surface area contributed by atoms with Crippen molar-refractivity contribution in [3.8, 4) is 5.75 Å². The number of para-hydroxylation sites is 1. The van der Waals surface area contributed by atoms with Crippen LogP contribution in [0, 0.1) is 0 Å². The summed E-state index contributed by atoms with van der Waals surface area (Å²) in [6, 6.07) is 7.73. The predicted octanol–water partition coefficient (Wildman–Crippen LogP) is 2.83. The molecule has 134 valence electrons. The molecule has 1 aliphatic rings. The van der Waals surface area contributed by atoms with Crippen molar-refractivity contribution in [3.05, 3.63) is 28.7 Å². The molecule has 24 heavy (non-hydrogen) atoms. The van der Waals surface area contributed by atoms with Crippen LogP contribution in [0.1, 0.15) is 26.7 Å². The van der Waals surface area contributed by atoms with Crippen LogP contribution >= 0.6 is 15.9 Å². The number of carbonyl (C=O) groups is 1. The molecule has 0 aromatic heterocycles. The number of nitrogens with zero attached hydrogens (tertiary/aromatic N) is 1. The van der Waals surface area contributed by atoms with E-state index in [0.29, 0.717) is 26.0 Å². The van der Waals surface area contributed by atoms with Gasteiger partial charge < -0.3 is 14.8 Å². The lowest BCUT2D eigenvalue weighted by atomic mass is 10.2. The van der Waals surface area contributed by atoms with Crippen LogP contribution in [0.25, 0.3) is 0 Å². The van der Waals surface area contributed by atoms with E-state index in [4.69, 9.17) is 9.47 Å². The molecule has 1 amide bonds. The lowest BCUT2D eigenvalue weighted by Gasteiger charge is -2.35. The van der Waals surface area contributed by atoms with E-state index in [-0.39, 0.29) is 18.1 Å². The van der Waals surface area contributed by atoms with Gasteiger partial charge in [-0.15, -0.1) is 0 Å². The first-order valence-electron chi connectivity index (χ1n) is 8.56. The standard InChI is InChI=1S/C18H27BrN2O3/c1-14-12-21(13-15(2)24-14)10-9-20-18(22)8-5-11-23-17-7-4-3-6-16(17)19/h3-4,6-7,14-15H,5,8-13H2,1-2H3,(H,20,22). The number of nitrogens with one attached hydrogen (secondary N) is 1. The fourth-order valence-electron chi connectivity index (χ4n) is 2.89. The van der Waals surface area contributed by atoms with E-state index in [2.05, 4.69) is 40.0 Å². The van der Waals surface area contributed by atoms with Crippen molar-refractivity contribution in [2.75, 3.05) is 32.8 Å². The summed E-state index contributed by atoms with van der Waals surface area (Å²) in [5.41, 5.74) is 0. The lowest BCUT2D eigenvalue weighted by Crippen LogP contribution is -2.47. The third kappa shape index (κ3) is 6.79. The van der Waals surface area contributed by atoms with E-state index in [0.717, 1.165) is 29.9 Å². The number of rotatable bonds is 8. The highest BCUT2D eigenvalue weighted by molar-refractivity contribution is 9.10. The highest BCUT2D eigenvalue weighted by atomic mass is 79.9. The molecule has 0 spiro atoms. The van der Waals surface area contributed by atoms with Crippen molar-refractivity contribution in [2.45, 2.75) is 38.9 Å². The van der Waals surface area contributed by atoms with Gasteiger partial charge in [0.2, 0.25) is 5.91 Å². The molecule has 6 heteroatoms. The van der Waals surface area contributed by atoms with Crippen LogP contribution in [0.4, 0.5) is 0 Å². The number of halogens is 1. The molecule has 1 N–H and O–H groups in total. The zero-order valence-electron chi connectivity index (χ0n) is 14.5. The van der Waals surface area contributed by atoms with Gasteiger partial charge in [-0.25, -0.2) is 0 Å². The Morgan fingerprint density at radius 1 is 1.33 bits per heavy atom. The van der Waals surface area contributed by atoms with Crippen molar-refractivity contribution < 1.29 is 14.3 Å². The quantitative estimate of drug-likeness (QED) is 0.684. The van der Waals surface area contributed by atoms with Crippen LogP contribution in [-0.4, -0.2) is 55.8 Å². The maximum Gasteiger partial charge on any atom is 0.220 e. The summed E-state index contributed by atoms with van der Waals surface area (Å²) in [4.78, 5) is 14.2. The number of amides is 1. The Hall–Kier alpha value is -1.11. The molecule has 0 radical (unpaired) electrons. The maximum atomic E-state index is 11.9. The van der Waals surface area contributed by atoms with E-state index in [1.54, 1.807) is 0 Å². The fourth-order valence-corrected chi connectivity index (χ4v) is 3.28. The summed E-state index contributed by atoms with van der Waals surface area (Å²) in [5, 5.41) is 2.98. The molecule has 2 rings (SSSR count).